The highest BCUT2D eigenvalue weighted by Crippen LogP contribution is 2.40. The van der Waals surface area contributed by atoms with Crippen molar-refractivity contribution in [3.05, 3.63) is 87.4 Å². The number of hydrogen-bond donors (Lipinski definition) is 1. The molecule has 1 heterocycles. The van der Waals surface area contributed by atoms with E-state index in [0.29, 0.717) is 22.7 Å². The maximum atomic E-state index is 12.3. The lowest BCUT2D eigenvalue weighted by Gasteiger charge is -2.08. The standard InChI is InChI=1S/C24H19BrClN3O3/c1-15-6-2-5-9-21(15)32-14-22(30)27-28-23-18-12-17(25)10-11-20(18)29(24(23)31)13-16-7-3-4-8-19(16)26/h2-12,31H,13-14H2,1H3. The Balaban J connectivity index is 1.62. The molecule has 1 aromatic heterocycles. The molecule has 0 spiro atoms. The molecule has 4 aromatic rings. The minimum Gasteiger partial charge on any atom is -0.493 e. The summed E-state index contributed by atoms with van der Waals surface area (Å²) >= 11 is 9.75. The number of ether oxygens (including phenoxy) is 1. The molecule has 1 amide bonds. The van der Waals surface area contributed by atoms with Gasteiger partial charge in [0.25, 0.3) is 0 Å². The molecule has 0 fully saturated rings. The Kier molecular flexibility index (Phi) is 6.58. The van der Waals surface area contributed by atoms with Gasteiger partial charge in [-0.2, -0.15) is 0 Å². The summed E-state index contributed by atoms with van der Waals surface area (Å²) in [5.74, 6) is -0.0526. The van der Waals surface area contributed by atoms with E-state index in [0.717, 1.165) is 21.1 Å². The fourth-order valence-corrected chi connectivity index (χ4v) is 3.90. The SMILES string of the molecule is Cc1ccccc1OCC(=O)N=Nc1c(O)n(Cc2ccccc2Cl)c2ccc(Br)cc12. The minimum absolute atomic E-state index is 0.102. The van der Waals surface area contributed by atoms with E-state index in [1.54, 1.807) is 16.7 Å². The van der Waals surface area contributed by atoms with Gasteiger partial charge in [0.1, 0.15) is 5.75 Å². The zero-order chi connectivity index (χ0) is 22.7. The molecule has 4 rings (SSSR count). The van der Waals surface area contributed by atoms with Crippen LogP contribution in [0.15, 0.2) is 81.4 Å². The van der Waals surface area contributed by atoms with Gasteiger partial charge in [0.15, 0.2) is 12.3 Å². The molecule has 0 saturated heterocycles. The summed E-state index contributed by atoms with van der Waals surface area (Å²) in [5.41, 5.74) is 2.71. The van der Waals surface area contributed by atoms with Crippen LogP contribution >= 0.6 is 27.5 Å². The third kappa shape index (κ3) is 4.69. The van der Waals surface area contributed by atoms with Crippen molar-refractivity contribution in [3.63, 3.8) is 0 Å². The van der Waals surface area contributed by atoms with E-state index in [2.05, 4.69) is 26.2 Å². The number of fused-ring (bicyclic) bond motifs is 1. The van der Waals surface area contributed by atoms with Gasteiger partial charge in [0.05, 0.1) is 12.1 Å². The van der Waals surface area contributed by atoms with Crippen LogP contribution < -0.4 is 4.74 Å². The predicted molar refractivity (Wildman–Crippen MR) is 128 cm³/mol. The Labute approximate surface area is 198 Å². The summed E-state index contributed by atoms with van der Waals surface area (Å²) < 4.78 is 8.02. The molecule has 0 aliphatic heterocycles. The molecule has 0 radical (unpaired) electrons. The number of azo groups is 1. The molecule has 0 saturated carbocycles. The van der Waals surface area contributed by atoms with Gasteiger partial charge in [-0.3, -0.25) is 4.79 Å². The molecule has 32 heavy (non-hydrogen) atoms. The van der Waals surface area contributed by atoms with Gasteiger partial charge < -0.3 is 14.4 Å². The number of hydrogen-bond acceptors (Lipinski definition) is 4. The maximum absolute atomic E-state index is 12.3. The largest absolute Gasteiger partial charge is 0.493 e. The third-order valence-corrected chi connectivity index (χ3v) is 5.83. The number of amides is 1. The first-order valence-corrected chi connectivity index (χ1v) is 11.0. The Morgan fingerprint density at radius 3 is 2.66 bits per heavy atom. The Bertz CT molecular complexity index is 1330. The summed E-state index contributed by atoms with van der Waals surface area (Å²) in [6.45, 7) is 1.98. The Hall–Kier alpha value is -3.16. The minimum atomic E-state index is -0.561. The van der Waals surface area contributed by atoms with E-state index in [1.165, 1.54) is 0 Å². The van der Waals surface area contributed by atoms with Crippen molar-refractivity contribution in [2.75, 3.05) is 6.61 Å². The number of carbonyl (C=O) groups is 1. The molecule has 0 aliphatic rings. The molecule has 6 nitrogen and oxygen atoms in total. The first-order valence-electron chi connectivity index (χ1n) is 9.81. The number of nitrogens with zero attached hydrogens (tertiary/aromatic N) is 3. The normalized spacial score (nSPS) is 11.3. The second-order valence-corrected chi connectivity index (χ2v) is 8.48. The molecule has 0 aliphatic carbocycles. The van der Waals surface area contributed by atoms with Crippen LogP contribution in [0.3, 0.4) is 0 Å². The van der Waals surface area contributed by atoms with Gasteiger partial charge in [-0.1, -0.05) is 63.9 Å². The van der Waals surface area contributed by atoms with E-state index >= 15 is 0 Å². The van der Waals surface area contributed by atoms with Crippen molar-refractivity contribution < 1.29 is 14.6 Å². The quantitative estimate of drug-likeness (QED) is 0.288. The van der Waals surface area contributed by atoms with E-state index in [1.807, 2.05) is 61.5 Å². The summed E-state index contributed by atoms with van der Waals surface area (Å²) in [7, 11) is 0. The van der Waals surface area contributed by atoms with Gasteiger partial charge in [-0.15, -0.1) is 10.2 Å². The monoisotopic (exact) mass is 511 g/mol. The second-order valence-electron chi connectivity index (χ2n) is 7.16. The first-order chi connectivity index (χ1) is 15.4. The van der Waals surface area contributed by atoms with Crippen LogP contribution in [0.1, 0.15) is 11.1 Å². The van der Waals surface area contributed by atoms with E-state index in [-0.39, 0.29) is 18.2 Å². The van der Waals surface area contributed by atoms with Crippen molar-refractivity contribution in [3.8, 4) is 11.6 Å². The maximum Gasteiger partial charge on any atom is 0.302 e. The van der Waals surface area contributed by atoms with Gasteiger partial charge in [0, 0.05) is 14.9 Å². The smallest absolute Gasteiger partial charge is 0.302 e. The molecule has 1 N–H and O–H groups in total. The molecule has 8 heteroatoms. The number of aryl methyl sites for hydroxylation is 1. The van der Waals surface area contributed by atoms with Crippen LogP contribution in [0.5, 0.6) is 11.6 Å². The van der Waals surface area contributed by atoms with Crippen LogP contribution in [0.4, 0.5) is 5.69 Å². The van der Waals surface area contributed by atoms with Gasteiger partial charge in [0.2, 0.25) is 5.88 Å². The van der Waals surface area contributed by atoms with Crippen LogP contribution in [0.25, 0.3) is 10.9 Å². The number of benzene rings is 3. The number of halogens is 2. The Morgan fingerprint density at radius 1 is 1.12 bits per heavy atom. The highest BCUT2D eigenvalue weighted by Gasteiger charge is 2.18. The number of para-hydroxylation sites is 1. The molecular formula is C24H19BrClN3O3. The number of rotatable bonds is 6. The van der Waals surface area contributed by atoms with Crippen LogP contribution in [0.2, 0.25) is 5.02 Å². The lowest BCUT2D eigenvalue weighted by atomic mass is 10.2. The fraction of sp³-hybridized carbons (Fsp3) is 0.125. The third-order valence-electron chi connectivity index (χ3n) is 4.96. The summed E-state index contributed by atoms with van der Waals surface area (Å²) in [5, 5.41) is 20.0. The highest BCUT2D eigenvalue weighted by atomic mass is 79.9. The zero-order valence-electron chi connectivity index (χ0n) is 17.1. The second kappa shape index (κ2) is 9.54. The van der Waals surface area contributed by atoms with Gasteiger partial charge >= 0.3 is 5.91 Å². The first kappa shape index (κ1) is 22.0. The number of aromatic hydroxyl groups is 1. The topological polar surface area (TPSA) is 76.2 Å². The van der Waals surface area contributed by atoms with Crippen LogP contribution in [-0.2, 0) is 11.3 Å². The lowest BCUT2D eigenvalue weighted by Crippen LogP contribution is -2.08. The molecular weight excluding hydrogens is 494 g/mol. The lowest BCUT2D eigenvalue weighted by molar-refractivity contribution is -0.120. The molecule has 162 valence electrons. The summed E-state index contributed by atoms with van der Waals surface area (Å²) in [6, 6.07) is 20.4. The highest BCUT2D eigenvalue weighted by molar-refractivity contribution is 9.10. The number of carbonyl (C=O) groups excluding carboxylic acids is 1. The fourth-order valence-electron chi connectivity index (χ4n) is 3.34. The average molecular weight is 513 g/mol. The summed E-state index contributed by atoms with van der Waals surface area (Å²) in [6.07, 6.45) is 0. The molecule has 3 aromatic carbocycles. The van der Waals surface area contributed by atoms with Crippen LogP contribution in [0, 0.1) is 6.92 Å². The summed E-state index contributed by atoms with van der Waals surface area (Å²) in [4.78, 5) is 12.3. The van der Waals surface area contributed by atoms with Gasteiger partial charge in [-0.25, -0.2) is 0 Å². The molecule has 0 bridgehead atoms. The number of aromatic nitrogens is 1. The van der Waals surface area contributed by atoms with Crippen molar-refractivity contribution in [2.24, 2.45) is 10.2 Å². The Morgan fingerprint density at radius 2 is 1.88 bits per heavy atom. The van der Waals surface area contributed by atoms with E-state index in [9.17, 15) is 9.90 Å². The van der Waals surface area contributed by atoms with Crippen molar-refractivity contribution >= 4 is 50.0 Å². The van der Waals surface area contributed by atoms with Crippen LogP contribution in [-0.4, -0.2) is 22.2 Å². The van der Waals surface area contributed by atoms with Crippen molar-refractivity contribution in [1.82, 2.24) is 4.57 Å². The molecule has 0 unspecified atom stereocenters. The zero-order valence-corrected chi connectivity index (χ0v) is 19.5. The predicted octanol–water partition coefficient (Wildman–Crippen LogP) is 6.81. The van der Waals surface area contributed by atoms with E-state index < -0.39 is 5.91 Å². The van der Waals surface area contributed by atoms with Gasteiger partial charge in [-0.05, 0) is 48.4 Å². The average Bonchev–Trinajstić information content (AvgIpc) is 3.03. The van der Waals surface area contributed by atoms with Crippen molar-refractivity contribution in [2.45, 2.75) is 13.5 Å². The van der Waals surface area contributed by atoms with E-state index in [4.69, 9.17) is 16.3 Å². The molecule has 0 atom stereocenters. The van der Waals surface area contributed by atoms with Crippen molar-refractivity contribution in [1.29, 1.82) is 0 Å².